The van der Waals surface area contributed by atoms with E-state index in [-0.39, 0.29) is 17.1 Å². The van der Waals surface area contributed by atoms with Crippen molar-refractivity contribution in [3.63, 3.8) is 0 Å². The maximum Gasteiger partial charge on any atom is 0.225 e. The third-order valence-electron chi connectivity index (χ3n) is 2.67. The van der Waals surface area contributed by atoms with E-state index in [0.717, 1.165) is 0 Å². The smallest absolute Gasteiger partial charge is 0.225 e. The summed E-state index contributed by atoms with van der Waals surface area (Å²) in [6.07, 6.45) is 0. The van der Waals surface area contributed by atoms with Gasteiger partial charge in [-0.15, -0.1) is 0 Å². The van der Waals surface area contributed by atoms with E-state index >= 15 is 0 Å². The molecular weight excluding hydrogens is 214 g/mol. The third kappa shape index (κ3) is 4.88. The minimum Gasteiger partial charge on any atom is -0.355 e. The molecule has 17 heavy (non-hydrogen) atoms. The highest BCUT2D eigenvalue weighted by molar-refractivity contribution is 5.90. The van der Waals surface area contributed by atoms with Crippen LogP contribution in [0.3, 0.4) is 0 Å². The SMILES string of the molecule is CC(C)(C)C(=O)NCC(C)(C)C(=O)C(C)(C)C. The molecule has 1 amide bonds. The molecular formula is C14H27NO2. The highest BCUT2D eigenvalue weighted by Gasteiger charge is 2.36. The van der Waals surface area contributed by atoms with Gasteiger partial charge in [-0.1, -0.05) is 55.4 Å². The molecule has 3 nitrogen and oxygen atoms in total. The van der Waals surface area contributed by atoms with Gasteiger partial charge in [-0.3, -0.25) is 9.59 Å². The maximum atomic E-state index is 12.2. The molecule has 0 aliphatic heterocycles. The van der Waals surface area contributed by atoms with Crippen molar-refractivity contribution >= 4 is 11.7 Å². The van der Waals surface area contributed by atoms with Gasteiger partial charge < -0.3 is 5.32 Å². The quantitative estimate of drug-likeness (QED) is 0.826. The Labute approximate surface area is 105 Å². The van der Waals surface area contributed by atoms with E-state index < -0.39 is 10.8 Å². The van der Waals surface area contributed by atoms with Gasteiger partial charge in [-0.25, -0.2) is 0 Å². The lowest BCUT2D eigenvalue weighted by Gasteiger charge is -2.31. The molecule has 0 aromatic carbocycles. The number of rotatable bonds is 3. The largest absolute Gasteiger partial charge is 0.355 e. The summed E-state index contributed by atoms with van der Waals surface area (Å²) in [7, 11) is 0. The molecule has 0 fully saturated rings. The number of hydrogen-bond donors (Lipinski definition) is 1. The Morgan fingerprint density at radius 1 is 0.824 bits per heavy atom. The second kappa shape index (κ2) is 4.79. The van der Waals surface area contributed by atoms with Crippen molar-refractivity contribution in [1.82, 2.24) is 5.32 Å². The Hall–Kier alpha value is -0.860. The zero-order valence-corrected chi connectivity index (χ0v) is 12.5. The molecule has 0 aromatic heterocycles. The van der Waals surface area contributed by atoms with Gasteiger partial charge in [0.1, 0.15) is 5.78 Å². The molecule has 3 heteroatoms. The minimum atomic E-state index is -0.529. The van der Waals surface area contributed by atoms with E-state index in [1.165, 1.54) is 0 Å². The number of ketones is 1. The van der Waals surface area contributed by atoms with Crippen LogP contribution in [-0.2, 0) is 9.59 Å². The summed E-state index contributed by atoms with van der Waals surface area (Å²) in [6.45, 7) is 15.4. The molecule has 0 spiro atoms. The van der Waals surface area contributed by atoms with Crippen LogP contribution in [0, 0.1) is 16.2 Å². The first-order chi connectivity index (χ1) is 7.28. The van der Waals surface area contributed by atoms with Crippen LogP contribution in [0.4, 0.5) is 0 Å². The van der Waals surface area contributed by atoms with Crippen LogP contribution in [0.15, 0.2) is 0 Å². The fourth-order valence-corrected chi connectivity index (χ4v) is 1.66. The average molecular weight is 241 g/mol. The number of nitrogens with one attached hydrogen (secondary N) is 1. The second-order valence-electron chi connectivity index (χ2n) is 7.40. The molecule has 0 aromatic rings. The van der Waals surface area contributed by atoms with Crippen molar-refractivity contribution < 1.29 is 9.59 Å². The summed E-state index contributed by atoms with van der Waals surface area (Å²) in [5.74, 6) is 0.145. The van der Waals surface area contributed by atoms with Gasteiger partial charge in [0.2, 0.25) is 5.91 Å². The van der Waals surface area contributed by atoms with Crippen LogP contribution in [0.5, 0.6) is 0 Å². The fourth-order valence-electron chi connectivity index (χ4n) is 1.66. The van der Waals surface area contributed by atoms with Crippen LogP contribution in [-0.4, -0.2) is 18.2 Å². The Bertz CT molecular complexity index is 303. The molecule has 0 bridgehead atoms. The number of hydrogen-bond acceptors (Lipinski definition) is 2. The molecule has 0 atom stereocenters. The summed E-state index contributed by atoms with van der Waals surface area (Å²) < 4.78 is 0. The van der Waals surface area contributed by atoms with Crippen molar-refractivity contribution in [2.24, 2.45) is 16.2 Å². The number of Topliss-reactive ketones (excluding diaryl/α,β-unsaturated/α-hetero) is 1. The lowest BCUT2D eigenvalue weighted by molar-refractivity contribution is -0.136. The summed E-state index contributed by atoms with van der Waals surface area (Å²) in [5, 5.41) is 2.86. The monoisotopic (exact) mass is 241 g/mol. The Kier molecular flexibility index (Phi) is 4.55. The topological polar surface area (TPSA) is 46.2 Å². The molecule has 0 unspecified atom stereocenters. The van der Waals surface area contributed by atoms with Crippen LogP contribution in [0.2, 0.25) is 0 Å². The molecule has 0 saturated carbocycles. The Balaban J connectivity index is 4.59. The molecule has 1 N–H and O–H groups in total. The Morgan fingerprint density at radius 3 is 1.53 bits per heavy atom. The fraction of sp³-hybridized carbons (Fsp3) is 0.857. The van der Waals surface area contributed by atoms with Crippen LogP contribution >= 0.6 is 0 Å². The summed E-state index contributed by atoms with van der Waals surface area (Å²) in [4.78, 5) is 24.0. The molecule has 0 heterocycles. The van der Waals surface area contributed by atoms with Crippen molar-refractivity contribution in [2.75, 3.05) is 6.54 Å². The highest BCUT2D eigenvalue weighted by Crippen LogP contribution is 2.28. The van der Waals surface area contributed by atoms with E-state index in [1.807, 2.05) is 55.4 Å². The molecule has 0 saturated heterocycles. The standard InChI is InChI=1S/C14H27NO2/c1-12(2,3)10(16)14(7,8)9-15-11(17)13(4,5)6/h9H2,1-8H3,(H,15,17). The van der Waals surface area contributed by atoms with Gasteiger partial charge in [0.15, 0.2) is 0 Å². The molecule has 0 rings (SSSR count). The van der Waals surface area contributed by atoms with Gasteiger partial charge in [-0.2, -0.15) is 0 Å². The number of carbonyl (C=O) groups is 2. The molecule has 0 aliphatic rings. The van der Waals surface area contributed by atoms with Gasteiger partial charge in [0, 0.05) is 22.8 Å². The predicted molar refractivity (Wildman–Crippen MR) is 70.7 cm³/mol. The summed E-state index contributed by atoms with van der Waals surface area (Å²) >= 11 is 0. The first kappa shape index (κ1) is 16.1. The van der Waals surface area contributed by atoms with Crippen LogP contribution in [0.25, 0.3) is 0 Å². The van der Waals surface area contributed by atoms with E-state index in [1.54, 1.807) is 0 Å². The van der Waals surface area contributed by atoms with E-state index in [4.69, 9.17) is 0 Å². The normalized spacial score (nSPS) is 13.4. The van der Waals surface area contributed by atoms with Gasteiger partial charge >= 0.3 is 0 Å². The number of amides is 1. The van der Waals surface area contributed by atoms with Gasteiger partial charge in [0.05, 0.1) is 0 Å². The first-order valence-corrected chi connectivity index (χ1v) is 6.12. The third-order valence-corrected chi connectivity index (χ3v) is 2.67. The summed E-state index contributed by atoms with van der Waals surface area (Å²) in [5.41, 5.74) is -1.32. The van der Waals surface area contributed by atoms with Crippen molar-refractivity contribution in [3.05, 3.63) is 0 Å². The molecule has 0 aliphatic carbocycles. The molecule has 0 radical (unpaired) electrons. The van der Waals surface area contributed by atoms with Crippen molar-refractivity contribution in [3.8, 4) is 0 Å². The van der Waals surface area contributed by atoms with Gasteiger partial charge in [0.25, 0.3) is 0 Å². The zero-order valence-electron chi connectivity index (χ0n) is 12.5. The molecule has 100 valence electrons. The average Bonchev–Trinajstić information content (AvgIpc) is 2.10. The van der Waals surface area contributed by atoms with Crippen LogP contribution in [0.1, 0.15) is 55.4 Å². The Morgan fingerprint density at radius 2 is 1.24 bits per heavy atom. The lowest BCUT2D eigenvalue weighted by atomic mass is 9.74. The predicted octanol–water partition coefficient (Wildman–Crippen LogP) is 2.79. The zero-order chi connectivity index (χ0) is 14.1. The number of carbonyl (C=O) groups excluding carboxylic acids is 2. The van der Waals surface area contributed by atoms with E-state index in [2.05, 4.69) is 5.32 Å². The highest BCUT2D eigenvalue weighted by atomic mass is 16.2. The first-order valence-electron chi connectivity index (χ1n) is 6.12. The van der Waals surface area contributed by atoms with Gasteiger partial charge in [-0.05, 0) is 0 Å². The van der Waals surface area contributed by atoms with Crippen molar-refractivity contribution in [1.29, 1.82) is 0 Å². The minimum absolute atomic E-state index is 0.0210. The van der Waals surface area contributed by atoms with Crippen molar-refractivity contribution in [2.45, 2.75) is 55.4 Å². The maximum absolute atomic E-state index is 12.2. The second-order valence-corrected chi connectivity index (χ2v) is 7.40. The summed E-state index contributed by atoms with van der Waals surface area (Å²) in [6, 6.07) is 0. The van der Waals surface area contributed by atoms with E-state index in [9.17, 15) is 9.59 Å². The van der Waals surface area contributed by atoms with E-state index in [0.29, 0.717) is 6.54 Å². The van der Waals surface area contributed by atoms with Crippen LogP contribution < -0.4 is 5.32 Å². The lowest BCUT2D eigenvalue weighted by Crippen LogP contribution is -2.46.